The zero-order chi connectivity index (χ0) is 10.4. The minimum absolute atomic E-state index is 0.968. The van der Waals surface area contributed by atoms with Crippen LogP contribution >= 0.6 is 0 Å². The van der Waals surface area contributed by atoms with Crippen molar-refractivity contribution >= 4 is 10.8 Å². The first-order valence-electron chi connectivity index (χ1n) is 5.14. The second-order valence-electron chi connectivity index (χ2n) is 4.01. The Bertz CT molecular complexity index is 604. The molecule has 74 valence electrons. The Balaban J connectivity index is 2.54. The highest BCUT2D eigenvalue weighted by Gasteiger charge is 2.14. The van der Waals surface area contributed by atoms with Gasteiger partial charge in [-0.2, -0.15) is 0 Å². The number of rotatable bonds is 0. The quantitative estimate of drug-likeness (QED) is 0.526. The molecule has 1 aliphatic heterocycles. The van der Waals surface area contributed by atoms with E-state index in [0.29, 0.717) is 0 Å². The molecule has 0 unspecified atom stereocenters. The summed E-state index contributed by atoms with van der Waals surface area (Å²) < 4.78 is 5.73. The lowest BCUT2D eigenvalue weighted by Gasteiger charge is -2.05. The van der Waals surface area contributed by atoms with Crippen molar-refractivity contribution < 1.29 is 4.42 Å². The van der Waals surface area contributed by atoms with Gasteiger partial charge in [0.15, 0.2) is 0 Å². The number of hydrogen-bond acceptors (Lipinski definition) is 1. The van der Waals surface area contributed by atoms with Crippen LogP contribution in [-0.2, 0) is 0 Å². The molecule has 1 heteroatoms. The van der Waals surface area contributed by atoms with Gasteiger partial charge in [-0.1, -0.05) is 24.3 Å². The molecule has 0 aromatic heterocycles. The summed E-state index contributed by atoms with van der Waals surface area (Å²) in [6, 6.07) is 12.6. The van der Waals surface area contributed by atoms with Crippen LogP contribution in [0.25, 0.3) is 22.1 Å². The topological polar surface area (TPSA) is 13.1 Å². The van der Waals surface area contributed by atoms with E-state index in [1.807, 2.05) is 6.92 Å². The molecule has 1 nitrogen and oxygen atoms in total. The Morgan fingerprint density at radius 2 is 1.80 bits per heavy atom. The van der Waals surface area contributed by atoms with Gasteiger partial charge < -0.3 is 4.42 Å². The van der Waals surface area contributed by atoms with E-state index in [0.717, 1.165) is 11.5 Å². The summed E-state index contributed by atoms with van der Waals surface area (Å²) in [7, 11) is 0. The molecule has 0 radical (unpaired) electrons. The van der Waals surface area contributed by atoms with Gasteiger partial charge in [0.2, 0.25) is 0 Å². The van der Waals surface area contributed by atoms with Gasteiger partial charge in [-0.15, -0.1) is 0 Å². The summed E-state index contributed by atoms with van der Waals surface area (Å²) in [5, 5.41) is 2.54. The molecule has 0 N–H and O–H groups in total. The molecule has 3 rings (SSSR count). The van der Waals surface area contributed by atoms with Gasteiger partial charge in [0.1, 0.15) is 11.5 Å². The fourth-order valence-corrected chi connectivity index (χ4v) is 2.26. The maximum Gasteiger partial charge on any atom is 0.135 e. The lowest BCUT2D eigenvalue weighted by atomic mass is 10.1. The molecule has 0 atom stereocenters. The van der Waals surface area contributed by atoms with Crippen molar-refractivity contribution in [1.29, 1.82) is 0 Å². The van der Waals surface area contributed by atoms with Crippen molar-refractivity contribution in [3.05, 3.63) is 47.7 Å². The molecule has 1 aromatic carbocycles. The van der Waals surface area contributed by atoms with Crippen LogP contribution in [0.5, 0.6) is 0 Å². The van der Waals surface area contributed by atoms with Crippen molar-refractivity contribution in [2.24, 2.45) is 0 Å². The second-order valence-corrected chi connectivity index (χ2v) is 4.01. The summed E-state index contributed by atoms with van der Waals surface area (Å²) >= 11 is 0. The monoisotopic (exact) mass is 196 g/mol. The molecule has 1 aliphatic carbocycles. The summed E-state index contributed by atoms with van der Waals surface area (Å²) in [5.74, 6) is 1.96. The summed E-state index contributed by atoms with van der Waals surface area (Å²) in [6.07, 6.45) is 0. The van der Waals surface area contributed by atoms with Crippen molar-refractivity contribution in [3.8, 4) is 11.3 Å². The second kappa shape index (κ2) is 2.86. The molecular weight excluding hydrogens is 184 g/mol. The zero-order valence-corrected chi connectivity index (χ0v) is 8.87. The Hall–Kier alpha value is -1.76. The highest BCUT2D eigenvalue weighted by Crippen LogP contribution is 2.37. The molecule has 0 bridgehead atoms. The van der Waals surface area contributed by atoms with Crippen molar-refractivity contribution in [2.75, 3.05) is 0 Å². The highest BCUT2D eigenvalue weighted by molar-refractivity contribution is 6.01. The van der Waals surface area contributed by atoms with Gasteiger partial charge >= 0.3 is 0 Å². The molecule has 0 spiro atoms. The van der Waals surface area contributed by atoms with E-state index in [-0.39, 0.29) is 0 Å². The number of hydrogen-bond donors (Lipinski definition) is 0. The smallest absolute Gasteiger partial charge is 0.135 e. The van der Waals surface area contributed by atoms with E-state index >= 15 is 0 Å². The van der Waals surface area contributed by atoms with Crippen molar-refractivity contribution in [1.82, 2.24) is 0 Å². The predicted molar refractivity (Wildman–Crippen MR) is 62.3 cm³/mol. The molecule has 1 heterocycles. The average molecular weight is 196 g/mol. The summed E-state index contributed by atoms with van der Waals surface area (Å²) in [6.45, 7) is 4.13. The third-order valence-corrected chi connectivity index (χ3v) is 2.85. The molecule has 0 amide bonds. The van der Waals surface area contributed by atoms with Gasteiger partial charge in [0, 0.05) is 5.56 Å². The van der Waals surface area contributed by atoms with Gasteiger partial charge in [0.25, 0.3) is 0 Å². The van der Waals surface area contributed by atoms with E-state index in [1.54, 1.807) is 0 Å². The number of benzene rings is 1. The maximum atomic E-state index is 5.73. The minimum Gasteiger partial charge on any atom is -0.461 e. The van der Waals surface area contributed by atoms with Crippen LogP contribution in [0.15, 0.2) is 40.8 Å². The maximum absolute atomic E-state index is 5.73. The molecule has 1 aromatic rings. The first kappa shape index (κ1) is 8.54. The van der Waals surface area contributed by atoms with Crippen LogP contribution in [0.3, 0.4) is 0 Å². The Labute approximate surface area is 88.7 Å². The van der Waals surface area contributed by atoms with Crippen LogP contribution in [0.1, 0.15) is 11.3 Å². The molecule has 0 saturated carbocycles. The van der Waals surface area contributed by atoms with E-state index in [4.69, 9.17) is 4.42 Å². The molecular formula is C14H12O. The highest BCUT2D eigenvalue weighted by atomic mass is 16.3. The first-order valence-corrected chi connectivity index (χ1v) is 5.14. The lowest BCUT2D eigenvalue weighted by molar-refractivity contribution is 0.531. The zero-order valence-electron chi connectivity index (χ0n) is 8.87. The summed E-state index contributed by atoms with van der Waals surface area (Å²) in [4.78, 5) is 0. The SMILES string of the molecule is Cc1cc(C)c2c3ccccc3cc-2o1. The molecule has 15 heavy (non-hydrogen) atoms. The Morgan fingerprint density at radius 3 is 2.67 bits per heavy atom. The van der Waals surface area contributed by atoms with Gasteiger partial charge in [-0.05, 0) is 42.3 Å². The number of fused-ring (bicyclic) bond motifs is 3. The van der Waals surface area contributed by atoms with Gasteiger partial charge in [-0.25, -0.2) is 0 Å². The predicted octanol–water partition coefficient (Wildman–Crippen LogP) is 4.15. The van der Waals surface area contributed by atoms with Gasteiger partial charge in [0.05, 0.1) is 0 Å². The Morgan fingerprint density at radius 1 is 1.00 bits per heavy atom. The lowest BCUT2D eigenvalue weighted by Crippen LogP contribution is -1.83. The van der Waals surface area contributed by atoms with Gasteiger partial charge in [-0.3, -0.25) is 0 Å². The third-order valence-electron chi connectivity index (χ3n) is 2.85. The average Bonchev–Trinajstić information content (AvgIpc) is 2.54. The molecule has 2 aliphatic rings. The van der Waals surface area contributed by atoms with E-state index in [2.05, 4.69) is 43.3 Å². The first-order chi connectivity index (χ1) is 7.25. The largest absolute Gasteiger partial charge is 0.461 e. The minimum atomic E-state index is 0.968. The fourth-order valence-electron chi connectivity index (χ4n) is 2.26. The fraction of sp³-hybridized carbons (Fsp3) is 0.143. The third kappa shape index (κ3) is 1.16. The molecule has 0 fully saturated rings. The van der Waals surface area contributed by atoms with Crippen LogP contribution in [0.2, 0.25) is 0 Å². The van der Waals surface area contributed by atoms with Crippen LogP contribution in [0.4, 0.5) is 0 Å². The van der Waals surface area contributed by atoms with E-state index in [1.165, 1.54) is 21.9 Å². The van der Waals surface area contributed by atoms with Crippen LogP contribution < -0.4 is 0 Å². The number of aryl methyl sites for hydroxylation is 2. The van der Waals surface area contributed by atoms with Crippen molar-refractivity contribution in [2.45, 2.75) is 13.8 Å². The van der Waals surface area contributed by atoms with E-state index in [9.17, 15) is 0 Å². The van der Waals surface area contributed by atoms with Crippen LogP contribution in [0, 0.1) is 13.8 Å². The standard InChI is InChI=1S/C14H12O/c1-9-7-10(2)15-13-8-11-5-3-4-6-12(11)14(9)13/h3-8H,1-2H3. The normalized spacial score (nSPS) is 11.3. The van der Waals surface area contributed by atoms with Crippen molar-refractivity contribution in [3.63, 3.8) is 0 Å². The van der Waals surface area contributed by atoms with E-state index < -0.39 is 0 Å². The molecule has 0 saturated heterocycles. The summed E-state index contributed by atoms with van der Waals surface area (Å²) in [5.41, 5.74) is 2.53. The van der Waals surface area contributed by atoms with Crippen LogP contribution in [-0.4, -0.2) is 0 Å². The Kier molecular flexibility index (Phi) is 1.63.